The Morgan fingerprint density at radius 1 is 1.45 bits per heavy atom. The largest absolute Gasteiger partial charge is 0.463 e. The van der Waals surface area contributed by atoms with Gasteiger partial charge in [0.2, 0.25) is 0 Å². The molecule has 1 saturated carbocycles. The molecule has 0 atom stereocenters. The number of hydrogen-bond acceptors (Lipinski definition) is 2. The second-order valence-electron chi connectivity index (χ2n) is 2.66. The molecule has 0 amide bonds. The number of rotatable bonds is 3. The maximum absolute atomic E-state index is 11.2. The van der Waals surface area contributed by atoms with Crippen LogP contribution in [-0.2, 0) is 9.53 Å². The molecule has 0 aromatic rings. The second kappa shape index (κ2) is 3.56. The van der Waals surface area contributed by atoms with Crippen LogP contribution >= 0.6 is 0 Å². The van der Waals surface area contributed by atoms with Gasteiger partial charge in [0.05, 0.1) is 6.61 Å². The Kier molecular flexibility index (Phi) is 2.69. The zero-order valence-electron chi connectivity index (χ0n) is 7.14. The van der Waals surface area contributed by atoms with E-state index in [4.69, 9.17) is 4.74 Å². The molecule has 2 heteroatoms. The number of allylic oxidation sites excluding steroid dienone is 1. The smallest absolute Gasteiger partial charge is 0.333 e. The Labute approximate surface area is 67.2 Å². The summed E-state index contributed by atoms with van der Waals surface area (Å²) in [7, 11) is 0. The van der Waals surface area contributed by atoms with Gasteiger partial charge in [-0.15, -0.1) is 0 Å². The lowest BCUT2D eigenvalue weighted by molar-refractivity contribution is -0.138. The minimum absolute atomic E-state index is 0.109. The van der Waals surface area contributed by atoms with Crippen molar-refractivity contribution in [3.63, 3.8) is 0 Å². The maximum atomic E-state index is 11.2. The van der Waals surface area contributed by atoms with E-state index in [2.05, 4.69) is 0 Å². The third-order valence-electron chi connectivity index (χ3n) is 1.80. The molecule has 62 valence electrons. The van der Waals surface area contributed by atoms with Crippen LogP contribution in [0.2, 0.25) is 0 Å². The zero-order chi connectivity index (χ0) is 8.27. The van der Waals surface area contributed by atoms with E-state index in [0.717, 1.165) is 24.8 Å². The van der Waals surface area contributed by atoms with Crippen LogP contribution in [0, 0.1) is 0 Å². The third-order valence-corrected chi connectivity index (χ3v) is 1.80. The molecular formula is C9H14O2. The molecule has 1 rings (SSSR count). The van der Waals surface area contributed by atoms with E-state index in [1.54, 1.807) is 0 Å². The van der Waals surface area contributed by atoms with E-state index in [0.29, 0.717) is 6.61 Å². The van der Waals surface area contributed by atoms with Crippen LogP contribution in [-0.4, -0.2) is 12.6 Å². The lowest BCUT2D eigenvalue weighted by Crippen LogP contribution is -2.06. The van der Waals surface area contributed by atoms with E-state index < -0.39 is 0 Å². The first kappa shape index (κ1) is 8.31. The predicted molar refractivity (Wildman–Crippen MR) is 43.2 cm³/mol. The Hall–Kier alpha value is -0.790. The lowest BCUT2D eigenvalue weighted by Gasteiger charge is -2.02. The molecular weight excluding hydrogens is 140 g/mol. The minimum atomic E-state index is -0.109. The summed E-state index contributed by atoms with van der Waals surface area (Å²) in [6.45, 7) is 4.32. The molecule has 1 aliphatic carbocycles. The van der Waals surface area contributed by atoms with Crippen molar-refractivity contribution in [1.29, 1.82) is 0 Å². The molecule has 0 aromatic carbocycles. The van der Waals surface area contributed by atoms with Gasteiger partial charge in [-0.25, -0.2) is 4.79 Å². The summed E-state index contributed by atoms with van der Waals surface area (Å²) in [6.07, 6.45) is 3.01. The fraction of sp³-hybridized carbons (Fsp3) is 0.667. The monoisotopic (exact) mass is 154 g/mol. The minimum Gasteiger partial charge on any atom is -0.463 e. The van der Waals surface area contributed by atoms with Crippen LogP contribution in [0.15, 0.2) is 11.1 Å². The lowest BCUT2D eigenvalue weighted by atomic mass is 10.2. The Balaban J connectivity index is 2.56. The van der Waals surface area contributed by atoms with Crippen LogP contribution in [0.1, 0.15) is 33.1 Å². The number of carbonyl (C=O) groups excluding carboxylic acids is 1. The first-order chi connectivity index (χ1) is 5.29. The predicted octanol–water partition coefficient (Wildman–Crippen LogP) is 2.05. The van der Waals surface area contributed by atoms with Gasteiger partial charge in [-0.1, -0.05) is 12.5 Å². The normalized spacial score (nSPS) is 14.5. The number of ether oxygens (including phenoxy) is 1. The molecule has 0 spiro atoms. The number of hydrogen-bond donors (Lipinski definition) is 0. The Bertz CT molecular complexity index is 186. The van der Waals surface area contributed by atoms with Crippen LogP contribution in [0.5, 0.6) is 0 Å². The van der Waals surface area contributed by atoms with Gasteiger partial charge in [-0.05, 0) is 26.2 Å². The van der Waals surface area contributed by atoms with Gasteiger partial charge in [-0.3, -0.25) is 0 Å². The van der Waals surface area contributed by atoms with Crippen molar-refractivity contribution in [2.45, 2.75) is 33.1 Å². The average Bonchev–Trinajstić information content (AvgIpc) is 2.73. The van der Waals surface area contributed by atoms with Crippen molar-refractivity contribution >= 4 is 5.97 Å². The number of esters is 1. The van der Waals surface area contributed by atoms with E-state index in [1.165, 1.54) is 5.57 Å². The highest BCUT2D eigenvalue weighted by Crippen LogP contribution is 2.33. The molecule has 0 radical (unpaired) electrons. The highest BCUT2D eigenvalue weighted by atomic mass is 16.5. The molecule has 0 bridgehead atoms. The molecule has 0 N–H and O–H groups in total. The molecule has 0 heterocycles. The standard InChI is InChI=1S/C9H14O2/c1-3-8(7-5-6-7)9(10)11-4-2/h3-6H2,1-2H3. The number of carbonyl (C=O) groups is 1. The van der Waals surface area contributed by atoms with Crippen molar-refractivity contribution in [1.82, 2.24) is 0 Å². The first-order valence-electron chi connectivity index (χ1n) is 4.17. The molecule has 0 aliphatic heterocycles. The van der Waals surface area contributed by atoms with Gasteiger partial charge in [-0.2, -0.15) is 0 Å². The third kappa shape index (κ3) is 2.07. The van der Waals surface area contributed by atoms with Gasteiger partial charge in [0.15, 0.2) is 0 Å². The van der Waals surface area contributed by atoms with Crippen molar-refractivity contribution in [2.24, 2.45) is 0 Å². The SMILES string of the molecule is CCOC(=O)C(CC)=C1CC1. The summed E-state index contributed by atoms with van der Waals surface area (Å²) in [5.74, 6) is -0.109. The molecule has 1 fully saturated rings. The fourth-order valence-electron chi connectivity index (χ4n) is 1.12. The van der Waals surface area contributed by atoms with Crippen molar-refractivity contribution in [3.8, 4) is 0 Å². The molecule has 0 unspecified atom stereocenters. The van der Waals surface area contributed by atoms with Crippen LogP contribution < -0.4 is 0 Å². The topological polar surface area (TPSA) is 26.3 Å². The molecule has 0 aromatic heterocycles. The summed E-state index contributed by atoms with van der Waals surface area (Å²) in [4.78, 5) is 11.2. The average molecular weight is 154 g/mol. The summed E-state index contributed by atoms with van der Waals surface area (Å²) >= 11 is 0. The molecule has 1 aliphatic rings. The highest BCUT2D eigenvalue weighted by Gasteiger charge is 2.21. The van der Waals surface area contributed by atoms with E-state index in [1.807, 2.05) is 13.8 Å². The second-order valence-corrected chi connectivity index (χ2v) is 2.66. The van der Waals surface area contributed by atoms with Gasteiger partial charge in [0, 0.05) is 5.57 Å². The van der Waals surface area contributed by atoms with Crippen LogP contribution in [0.3, 0.4) is 0 Å². The fourth-order valence-corrected chi connectivity index (χ4v) is 1.12. The van der Waals surface area contributed by atoms with Gasteiger partial charge >= 0.3 is 5.97 Å². The van der Waals surface area contributed by atoms with Crippen molar-refractivity contribution in [3.05, 3.63) is 11.1 Å². The van der Waals surface area contributed by atoms with Crippen molar-refractivity contribution < 1.29 is 9.53 Å². The van der Waals surface area contributed by atoms with Crippen LogP contribution in [0.25, 0.3) is 0 Å². The van der Waals surface area contributed by atoms with Gasteiger partial charge in [0.25, 0.3) is 0 Å². The zero-order valence-corrected chi connectivity index (χ0v) is 7.14. The van der Waals surface area contributed by atoms with Gasteiger partial charge in [0.1, 0.15) is 0 Å². The summed E-state index contributed by atoms with van der Waals surface area (Å²) < 4.78 is 4.90. The van der Waals surface area contributed by atoms with Gasteiger partial charge < -0.3 is 4.74 Å². The van der Waals surface area contributed by atoms with E-state index in [9.17, 15) is 4.79 Å². The van der Waals surface area contributed by atoms with E-state index >= 15 is 0 Å². The highest BCUT2D eigenvalue weighted by molar-refractivity contribution is 5.90. The molecule has 2 nitrogen and oxygen atoms in total. The Morgan fingerprint density at radius 2 is 2.09 bits per heavy atom. The summed E-state index contributed by atoms with van der Waals surface area (Å²) in [6, 6.07) is 0. The summed E-state index contributed by atoms with van der Waals surface area (Å²) in [5, 5.41) is 0. The van der Waals surface area contributed by atoms with Crippen LogP contribution in [0.4, 0.5) is 0 Å². The molecule has 11 heavy (non-hydrogen) atoms. The van der Waals surface area contributed by atoms with Crippen molar-refractivity contribution in [2.75, 3.05) is 6.61 Å². The maximum Gasteiger partial charge on any atom is 0.333 e. The quantitative estimate of drug-likeness (QED) is 0.459. The summed E-state index contributed by atoms with van der Waals surface area (Å²) in [5.41, 5.74) is 2.21. The first-order valence-corrected chi connectivity index (χ1v) is 4.17. The molecule has 0 saturated heterocycles. The van der Waals surface area contributed by atoms with E-state index in [-0.39, 0.29) is 5.97 Å². The Morgan fingerprint density at radius 3 is 2.45 bits per heavy atom.